The second-order valence-corrected chi connectivity index (χ2v) is 10.0. The van der Waals surface area contributed by atoms with Crippen LogP contribution in [0.4, 0.5) is 4.79 Å². The van der Waals surface area contributed by atoms with Crippen LogP contribution < -0.4 is 11.1 Å². The highest BCUT2D eigenvalue weighted by Gasteiger charge is 2.31. The summed E-state index contributed by atoms with van der Waals surface area (Å²) < 4.78 is 26.9. The van der Waals surface area contributed by atoms with Gasteiger partial charge in [-0.2, -0.15) is 4.31 Å². The number of hydrogen-bond acceptors (Lipinski definition) is 5. The van der Waals surface area contributed by atoms with Gasteiger partial charge in [-0.1, -0.05) is 35.9 Å². The third-order valence-electron chi connectivity index (χ3n) is 4.66. The Morgan fingerprint density at radius 1 is 1.14 bits per heavy atom. The fraction of sp³-hybridized carbons (Fsp3) is 0.333. The number of thiophene rings is 1. The molecule has 1 aromatic carbocycles. The number of primary amides is 1. The van der Waals surface area contributed by atoms with Crippen molar-refractivity contribution < 1.29 is 18.0 Å². The molecule has 11 heteroatoms. The molecule has 1 aromatic heterocycles. The second-order valence-electron chi connectivity index (χ2n) is 6.50. The summed E-state index contributed by atoms with van der Waals surface area (Å²) in [6, 6.07) is 8.75. The smallest absolute Gasteiger partial charge is 0.312 e. The maximum absolute atomic E-state index is 12.8. The van der Waals surface area contributed by atoms with Crippen LogP contribution in [0, 0.1) is 0 Å². The summed E-state index contributed by atoms with van der Waals surface area (Å²) in [7, 11) is -3.53. The minimum Gasteiger partial charge on any atom is -0.352 e. The molecule has 1 saturated heterocycles. The fourth-order valence-corrected chi connectivity index (χ4v) is 6.02. The monoisotopic (exact) mass is 456 g/mol. The summed E-state index contributed by atoms with van der Waals surface area (Å²) in [6.07, 6.45) is -0.0235. The maximum atomic E-state index is 12.8. The van der Waals surface area contributed by atoms with E-state index in [4.69, 9.17) is 17.3 Å². The normalized spacial score (nSPS) is 16.4. The molecule has 3 N–H and O–H groups in total. The highest BCUT2D eigenvalue weighted by atomic mass is 35.5. The molecule has 1 aliphatic heterocycles. The number of urea groups is 1. The van der Waals surface area contributed by atoms with E-state index < -0.39 is 22.1 Å². The van der Waals surface area contributed by atoms with Crippen LogP contribution in [-0.2, 0) is 14.8 Å². The lowest BCUT2D eigenvalue weighted by Crippen LogP contribution is -2.51. The van der Waals surface area contributed by atoms with Crippen molar-refractivity contribution in [2.24, 2.45) is 5.73 Å². The molecule has 0 saturated carbocycles. The Hall–Kier alpha value is -2.14. The zero-order valence-electron chi connectivity index (χ0n) is 15.5. The highest BCUT2D eigenvalue weighted by Crippen LogP contribution is 2.26. The fourth-order valence-electron chi connectivity index (χ4n) is 3.19. The molecule has 1 unspecified atom stereocenters. The first kappa shape index (κ1) is 21.6. The van der Waals surface area contributed by atoms with Gasteiger partial charge in [-0.25, -0.2) is 13.2 Å². The lowest BCUT2D eigenvalue weighted by Gasteiger charge is -2.34. The topological polar surface area (TPSA) is 113 Å². The molecular formula is C18H21ClN4O4S2. The van der Waals surface area contributed by atoms with E-state index >= 15 is 0 Å². The molecule has 0 bridgehead atoms. The summed E-state index contributed by atoms with van der Waals surface area (Å²) in [5, 5.41) is 4.70. The average molecular weight is 457 g/mol. The van der Waals surface area contributed by atoms with E-state index in [-0.39, 0.29) is 38.5 Å². The van der Waals surface area contributed by atoms with Gasteiger partial charge in [-0.3, -0.25) is 4.79 Å². The van der Waals surface area contributed by atoms with Gasteiger partial charge < -0.3 is 16.0 Å². The van der Waals surface area contributed by atoms with Crippen molar-refractivity contribution in [3.05, 3.63) is 52.4 Å². The molecule has 2 heterocycles. The Labute approximate surface area is 178 Å². The number of sulfonamides is 1. The summed E-state index contributed by atoms with van der Waals surface area (Å²) in [5.41, 5.74) is 5.85. The Balaban J connectivity index is 1.65. The van der Waals surface area contributed by atoms with Gasteiger partial charge in [0.05, 0.1) is 12.5 Å². The minimum absolute atomic E-state index is 0.0235. The quantitative estimate of drug-likeness (QED) is 0.692. The average Bonchev–Trinajstić information content (AvgIpc) is 3.23. The number of carbonyl (C=O) groups excluding carboxylic acids is 2. The molecule has 156 valence electrons. The lowest BCUT2D eigenvalue weighted by atomic mass is 10.0. The molecule has 29 heavy (non-hydrogen) atoms. The molecule has 1 atom stereocenters. The number of carbonyl (C=O) groups is 2. The number of hydrogen-bond donors (Lipinski definition) is 2. The number of amides is 3. The van der Waals surface area contributed by atoms with Crippen LogP contribution in [0.25, 0.3) is 0 Å². The number of piperazine rings is 1. The number of halogens is 1. The number of nitrogens with one attached hydrogen (secondary N) is 1. The summed E-state index contributed by atoms with van der Waals surface area (Å²) in [6.45, 7) is 0.975. The van der Waals surface area contributed by atoms with Gasteiger partial charge in [0.15, 0.2) is 0 Å². The number of nitrogens with two attached hydrogens (primary N) is 1. The molecule has 3 rings (SSSR count). The van der Waals surface area contributed by atoms with Crippen molar-refractivity contribution in [1.29, 1.82) is 0 Å². The predicted octanol–water partition coefficient (Wildman–Crippen LogP) is 2.03. The van der Waals surface area contributed by atoms with Gasteiger partial charge in [0.2, 0.25) is 5.91 Å². The molecule has 0 aliphatic carbocycles. The summed E-state index contributed by atoms with van der Waals surface area (Å²) in [5.74, 6) is -0.211. The Morgan fingerprint density at radius 3 is 2.41 bits per heavy atom. The van der Waals surface area contributed by atoms with Gasteiger partial charge in [0.25, 0.3) is 10.0 Å². The van der Waals surface area contributed by atoms with Crippen LogP contribution in [0.15, 0.2) is 46.0 Å². The molecule has 2 aromatic rings. The standard InChI is InChI=1S/C18H21ClN4O4S2/c19-14-5-2-1-4-13(14)15(21-18(20)25)12-16(24)22-7-9-23(10-8-22)29(26,27)17-6-3-11-28-17/h1-6,11,15H,7-10,12H2,(H3,20,21,25). The molecular weight excluding hydrogens is 436 g/mol. The third kappa shape index (κ3) is 5.08. The van der Waals surface area contributed by atoms with Gasteiger partial charge in [0, 0.05) is 31.2 Å². The largest absolute Gasteiger partial charge is 0.352 e. The van der Waals surface area contributed by atoms with Crippen LogP contribution in [0.2, 0.25) is 5.02 Å². The van der Waals surface area contributed by atoms with E-state index in [0.717, 1.165) is 0 Å². The molecule has 8 nitrogen and oxygen atoms in total. The van der Waals surface area contributed by atoms with E-state index in [1.54, 1.807) is 46.7 Å². The van der Waals surface area contributed by atoms with Crippen molar-refractivity contribution in [2.75, 3.05) is 26.2 Å². The second kappa shape index (κ2) is 9.12. The first-order valence-electron chi connectivity index (χ1n) is 8.91. The van der Waals surface area contributed by atoms with Gasteiger partial charge >= 0.3 is 6.03 Å². The van der Waals surface area contributed by atoms with E-state index in [2.05, 4.69) is 5.32 Å². The Morgan fingerprint density at radius 2 is 1.83 bits per heavy atom. The molecule has 1 aliphatic rings. The van der Waals surface area contributed by atoms with Gasteiger partial charge in [0.1, 0.15) is 4.21 Å². The van der Waals surface area contributed by atoms with Crippen molar-refractivity contribution in [3.63, 3.8) is 0 Å². The SMILES string of the molecule is NC(=O)NC(CC(=O)N1CCN(S(=O)(=O)c2cccs2)CC1)c1ccccc1Cl. The van der Waals surface area contributed by atoms with E-state index in [1.807, 2.05) is 0 Å². The van der Waals surface area contributed by atoms with Crippen molar-refractivity contribution >= 4 is 44.9 Å². The number of nitrogens with zero attached hydrogens (tertiary/aromatic N) is 2. The summed E-state index contributed by atoms with van der Waals surface area (Å²) in [4.78, 5) is 25.8. The zero-order valence-corrected chi connectivity index (χ0v) is 17.8. The van der Waals surface area contributed by atoms with Crippen LogP contribution in [0.5, 0.6) is 0 Å². The molecule has 0 radical (unpaired) electrons. The van der Waals surface area contributed by atoms with E-state index in [0.29, 0.717) is 14.8 Å². The third-order valence-corrected chi connectivity index (χ3v) is 8.27. The van der Waals surface area contributed by atoms with E-state index in [9.17, 15) is 18.0 Å². The Bertz CT molecular complexity index is 974. The number of benzene rings is 1. The van der Waals surface area contributed by atoms with Gasteiger partial charge in [-0.05, 0) is 23.1 Å². The van der Waals surface area contributed by atoms with Crippen molar-refractivity contribution in [2.45, 2.75) is 16.7 Å². The lowest BCUT2D eigenvalue weighted by molar-refractivity contribution is -0.132. The number of rotatable bonds is 6. The zero-order chi connectivity index (χ0) is 21.0. The minimum atomic E-state index is -3.53. The summed E-state index contributed by atoms with van der Waals surface area (Å²) >= 11 is 7.37. The highest BCUT2D eigenvalue weighted by molar-refractivity contribution is 7.91. The van der Waals surface area contributed by atoms with Crippen LogP contribution in [0.3, 0.4) is 0 Å². The molecule has 1 fully saturated rings. The van der Waals surface area contributed by atoms with Crippen molar-refractivity contribution in [1.82, 2.24) is 14.5 Å². The maximum Gasteiger partial charge on any atom is 0.312 e. The first-order valence-corrected chi connectivity index (χ1v) is 11.6. The van der Waals surface area contributed by atoms with Crippen molar-refractivity contribution in [3.8, 4) is 0 Å². The van der Waals surface area contributed by atoms with E-state index in [1.165, 1.54) is 15.6 Å². The molecule has 3 amide bonds. The predicted molar refractivity (Wildman–Crippen MR) is 111 cm³/mol. The van der Waals surface area contributed by atoms with Crippen LogP contribution in [-0.4, -0.2) is 55.7 Å². The Kier molecular flexibility index (Phi) is 6.78. The van der Waals surface area contributed by atoms with Crippen LogP contribution in [0.1, 0.15) is 18.0 Å². The van der Waals surface area contributed by atoms with Crippen LogP contribution >= 0.6 is 22.9 Å². The van der Waals surface area contributed by atoms with Gasteiger partial charge in [-0.15, -0.1) is 11.3 Å². The first-order chi connectivity index (χ1) is 13.8. The molecule has 0 spiro atoms.